The van der Waals surface area contributed by atoms with E-state index in [9.17, 15) is 30.3 Å². The van der Waals surface area contributed by atoms with Crippen molar-refractivity contribution in [1.29, 1.82) is 0 Å². The van der Waals surface area contributed by atoms with E-state index < -0.39 is 31.8 Å². The maximum absolute atomic E-state index is 10.5. The molecule has 0 saturated heterocycles. The molecule has 2 aromatic carbocycles. The van der Waals surface area contributed by atoms with Crippen LogP contribution < -0.4 is 16.4 Å². The van der Waals surface area contributed by atoms with Crippen LogP contribution in [0.4, 0.5) is 34.1 Å². The SMILES string of the molecule is Cc1c(NO)cc(NO)cc1NO.Cc1c([N+](=O)[O-])cc([N+](=O)[O-])cc1[N+](=O)[O-]. The summed E-state index contributed by atoms with van der Waals surface area (Å²) in [6.45, 7) is 2.86. The molecule has 2 aromatic rings. The van der Waals surface area contributed by atoms with Gasteiger partial charge in [0, 0.05) is 5.56 Å². The third-order valence-electron chi connectivity index (χ3n) is 3.72. The van der Waals surface area contributed by atoms with Crippen molar-refractivity contribution in [2.45, 2.75) is 13.8 Å². The van der Waals surface area contributed by atoms with Gasteiger partial charge in [0.25, 0.3) is 17.1 Å². The molecule has 0 bridgehead atoms. The highest BCUT2D eigenvalue weighted by Gasteiger charge is 2.27. The topological polar surface area (TPSA) is 226 Å². The zero-order valence-corrected chi connectivity index (χ0v) is 14.9. The molecule has 0 amide bonds. The molecule has 0 fully saturated rings. The molecular formula is C14H16N6O9. The Bertz CT molecular complexity index is 889. The zero-order valence-electron chi connectivity index (χ0n) is 14.9. The van der Waals surface area contributed by atoms with Crippen molar-refractivity contribution in [3.05, 3.63) is 65.7 Å². The lowest BCUT2D eigenvalue weighted by atomic mass is 10.1. The van der Waals surface area contributed by atoms with Gasteiger partial charge in [-0.05, 0) is 26.0 Å². The number of anilines is 3. The number of rotatable bonds is 6. The van der Waals surface area contributed by atoms with Crippen LogP contribution in [-0.2, 0) is 0 Å². The summed E-state index contributed by atoms with van der Waals surface area (Å²) < 4.78 is 0. The van der Waals surface area contributed by atoms with Gasteiger partial charge in [0.05, 0.1) is 44.0 Å². The highest BCUT2D eigenvalue weighted by atomic mass is 16.6. The van der Waals surface area contributed by atoms with Crippen molar-refractivity contribution in [2.75, 3.05) is 16.4 Å². The van der Waals surface area contributed by atoms with Crippen LogP contribution in [-0.4, -0.2) is 30.4 Å². The molecule has 2 rings (SSSR count). The first-order valence-corrected chi connectivity index (χ1v) is 7.50. The molecular weight excluding hydrogens is 396 g/mol. The summed E-state index contributed by atoms with van der Waals surface area (Å²) in [6, 6.07) is 4.36. The van der Waals surface area contributed by atoms with Crippen molar-refractivity contribution in [2.24, 2.45) is 0 Å². The van der Waals surface area contributed by atoms with E-state index in [1.54, 1.807) is 6.92 Å². The van der Waals surface area contributed by atoms with Crippen LogP contribution in [0.25, 0.3) is 0 Å². The number of nitro groups is 3. The molecule has 0 aromatic heterocycles. The first kappa shape index (κ1) is 23.0. The maximum Gasteiger partial charge on any atom is 0.286 e. The van der Waals surface area contributed by atoms with Crippen molar-refractivity contribution in [1.82, 2.24) is 0 Å². The lowest BCUT2D eigenvalue weighted by Crippen LogP contribution is -2.01. The van der Waals surface area contributed by atoms with Crippen LogP contribution in [0, 0.1) is 44.2 Å². The van der Waals surface area contributed by atoms with E-state index in [0.29, 0.717) is 34.8 Å². The van der Waals surface area contributed by atoms with Crippen molar-refractivity contribution >= 4 is 34.1 Å². The fourth-order valence-corrected chi connectivity index (χ4v) is 2.17. The molecule has 6 N–H and O–H groups in total. The lowest BCUT2D eigenvalue weighted by Gasteiger charge is -2.11. The number of benzene rings is 2. The molecule has 0 spiro atoms. The Morgan fingerprint density at radius 2 is 1.10 bits per heavy atom. The third-order valence-corrected chi connectivity index (χ3v) is 3.72. The van der Waals surface area contributed by atoms with E-state index in [0.717, 1.165) is 0 Å². The highest BCUT2D eigenvalue weighted by Crippen LogP contribution is 2.32. The molecule has 156 valence electrons. The molecule has 0 aliphatic heterocycles. The second kappa shape index (κ2) is 9.74. The monoisotopic (exact) mass is 412 g/mol. The quantitative estimate of drug-likeness (QED) is 0.297. The Kier molecular flexibility index (Phi) is 7.71. The molecule has 0 unspecified atom stereocenters. The van der Waals surface area contributed by atoms with Gasteiger partial charge in [-0.3, -0.25) is 62.4 Å². The Labute approximate surface area is 161 Å². The molecule has 0 heterocycles. The molecule has 0 aliphatic carbocycles. The summed E-state index contributed by atoms with van der Waals surface area (Å²) in [5, 5.41) is 57.5. The van der Waals surface area contributed by atoms with Crippen molar-refractivity contribution < 1.29 is 30.4 Å². The van der Waals surface area contributed by atoms with Gasteiger partial charge in [-0.15, -0.1) is 0 Å². The van der Waals surface area contributed by atoms with Gasteiger partial charge >= 0.3 is 0 Å². The number of hydrogen-bond donors (Lipinski definition) is 6. The van der Waals surface area contributed by atoms with Crippen molar-refractivity contribution in [3.63, 3.8) is 0 Å². The Hall–Kier alpha value is -4.08. The fourth-order valence-electron chi connectivity index (χ4n) is 2.17. The van der Waals surface area contributed by atoms with Crippen LogP contribution in [0.15, 0.2) is 24.3 Å². The average Bonchev–Trinajstić information content (AvgIpc) is 2.68. The molecule has 0 radical (unpaired) electrons. The second-order valence-electron chi connectivity index (χ2n) is 5.41. The minimum atomic E-state index is -0.917. The first-order valence-electron chi connectivity index (χ1n) is 7.50. The number of hydrogen-bond acceptors (Lipinski definition) is 12. The summed E-state index contributed by atoms with van der Waals surface area (Å²) >= 11 is 0. The standard InChI is InChI=1S/C7H5N3O6.C7H11N3O3/c1-4-6(9(13)14)2-5(8(11)12)3-7(4)10(15)16;1-4-6(9-12)2-5(8-11)3-7(4)10-13/h2-3H,1H3;2-3,8-13H,1H3. The molecule has 15 heteroatoms. The second-order valence-corrected chi connectivity index (χ2v) is 5.41. The van der Waals surface area contributed by atoms with E-state index in [4.69, 9.17) is 15.6 Å². The van der Waals surface area contributed by atoms with Gasteiger partial charge in [-0.25, -0.2) is 0 Å². The Morgan fingerprint density at radius 1 is 0.690 bits per heavy atom. The van der Waals surface area contributed by atoms with Crippen LogP contribution in [0.2, 0.25) is 0 Å². The maximum atomic E-state index is 10.5. The van der Waals surface area contributed by atoms with Crippen LogP contribution in [0.1, 0.15) is 11.1 Å². The fraction of sp³-hybridized carbons (Fsp3) is 0.143. The van der Waals surface area contributed by atoms with Gasteiger partial charge < -0.3 is 0 Å². The summed E-state index contributed by atoms with van der Waals surface area (Å²) in [7, 11) is 0. The van der Waals surface area contributed by atoms with E-state index in [1.165, 1.54) is 19.1 Å². The zero-order chi connectivity index (χ0) is 22.3. The Morgan fingerprint density at radius 3 is 1.38 bits per heavy atom. The minimum Gasteiger partial charge on any atom is -0.291 e. The van der Waals surface area contributed by atoms with Gasteiger partial charge in [-0.1, -0.05) is 0 Å². The smallest absolute Gasteiger partial charge is 0.286 e. The largest absolute Gasteiger partial charge is 0.291 e. The highest BCUT2D eigenvalue weighted by molar-refractivity contribution is 5.71. The van der Waals surface area contributed by atoms with E-state index in [1.807, 2.05) is 16.4 Å². The molecule has 0 saturated carbocycles. The number of nitro benzene ring substituents is 3. The Balaban J connectivity index is 0.000000296. The van der Waals surface area contributed by atoms with Crippen LogP contribution in [0.3, 0.4) is 0 Å². The summed E-state index contributed by atoms with van der Waals surface area (Å²) in [5.74, 6) is 0. The molecule has 29 heavy (non-hydrogen) atoms. The van der Waals surface area contributed by atoms with Gasteiger partial charge in [-0.2, -0.15) is 0 Å². The van der Waals surface area contributed by atoms with Gasteiger partial charge in [0.2, 0.25) is 0 Å². The number of nitrogens with zero attached hydrogens (tertiary/aromatic N) is 3. The van der Waals surface area contributed by atoms with Crippen LogP contribution >= 0.6 is 0 Å². The van der Waals surface area contributed by atoms with E-state index in [-0.39, 0.29) is 5.56 Å². The molecule has 0 aliphatic rings. The number of nitrogens with one attached hydrogen (secondary N) is 3. The average molecular weight is 412 g/mol. The summed E-state index contributed by atoms with van der Waals surface area (Å²) in [5.41, 5.74) is 5.37. The summed E-state index contributed by atoms with van der Waals surface area (Å²) in [4.78, 5) is 28.8. The van der Waals surface area contributed by atoms with E-state index in [2.05, 4.69) is 0 Å². The van der Waals surface area contributed by atoms with Crippen molar-refractivity contribution in [3.8, 4) is 0 Å². The summed E-state index contributed by atoms with van der Waals surface area (Å²) in [6.07, 6.45) is 0. The predicted octanol–water partition coefficient (Wildman–Crippen LogP) is 3.12. The predicted molar refractivity (Wildman–Crippen MR) is 98.5 cm³/mol. The van der Waals surface area contributed by atoms with Crippen LogP contribution in [0.5, 0.6) is 0 Å². The molecule has 0 atom stereocenters. The first-order chi connectivity index (χ1) is 13.6. The lowest BCUT2D eigenvalue weighted by molar-refractivity contribution is -0.403. The van der Waals surface area contributed by atoms with Gasteiger partial charge in [0.1, 0.15) is 5.56 Å². The minimum absolute atomic E-state index is 0.208. The number of non-ortho nitro benzene ring substituents is 1. The normalized spacial score (nSPS) is 9.69. The van der Waals surface area contributed by atoms with Gasteiger partial charge in [0.15, 0.2) is 0 Å². The third kappa shape index (κ3) is 5.45. The molecule has 15 nitrogen and oxygen atoms in total. The van der Waals surface area contributed by atoms with E-state index >= 15 is 0 Å².